The van der Waals surface area contributed by atoms with E-state index in [1.54, 1.807) is 0 Å². The van der Waals surface area contributed by atoms with Gasteiger partial charge in [-0.05, 0) is 59.7 Å². The van der Waals surface area contributed by atoms with Gasteiger partial charge in [-0.1, -0.05) is 19.1 Å². The number of nitrogens with zero attached hydrogens (tertiary/aromatic N) is 1. The van der Waals surface area contributed by atoms with E-state index in [0.717, 1.165) is 34.2 Å². The van der Waals surface area contributed by atoms with Crippen molar-refractivity contribution in [2.24, 2.45) is 5.92 Å². The van der Waals surface area contributed by atoms with Crippen molar-refractivity contribution in [1.82, 2.24) is 4.90 Å². The van der Waals surface area contributed by atoms with Gasteiger partial charge < -0.3 is 9.32 Å². The van der Waals surface area contributed by atoms with Gasteiger partial charge >= 0.3 is 0 Å². The molecule has 3 nitrogen and oxygen atoms in total. The number of rotatable bonds is 2. The van der Waals surface area contributed by atoms with Crippen molar-refractivity contribution in [2.75, 3.05) is 7.05 Å². The van der Waals surface area contributed by atoms with E-state index in [1.807, 2.05) is 36.2 Å². The highest BCUT2D eigenvalue weighted by Crippen LogP contribution is 2.30. The summed E-state index contributed by atoms with van der Waals surface area (Å²) in [5.74, 6) is 1.20. The van der Waals surface area contributed by atoms with Crippen LogP contribution in [0.3, 0.4) is 0 Å². The second kappa shape index (κ2) is 5.84. The van der Waals surface area contributed by atoms with Crippen molar-refractivity contribution >= 4 is 32.8 Å². The van der Waals surface area contributed by atoms with E-state index in [2.05, 4.69) is 22.9 Å². The van der Waals surface area contributed by atoms with Crippen LogP contribution in [0, 0.1) is 5.92 Å². The standard InChI is InChI=1S/C17H20BrNO2/c1-11-6-8-13(9-7-11)19(2)17(20)15-10-12-4-3-5-14(18)16(12)21-15/h3-5,10-11,13H,6-9H2,1-2H3. The second-order valence-corrected chi connectivity index (χ2v) is 6.95. The molecule has 0 radical (unpaired) electrons. The van der Waals surface area contributed by atoms with E-state index >= 15 is 0 Å². The number of hydrogen-bond acceptors (Lipinski definition) is 2. The number of carbonyl (C=O) groups is 1. The van der Waals surface area contributed by atoms with E-state index in [9.17, 15) is 4.79 Å². The highest BCUT2D eigenvalue weighted by atomic mass is 79.9. The fourth-order valence-electron chi connectivity index (χ4n) is 3.10. The molecule has 1 aliphatic rings. The Hall–Kier alpha value is -1.29. The summed E-state index contributed by atoms with van der Waals surface area (Å²) in [6.07, 6.45) is 4.59. The zero-order valence-electron chi connectivity index (χ0n) is 12.4. The van der Waals surface area contributed by atoms with Crippen LogP contribution < -0.4 is 0 Å². The summed E-state index contributed by atoms with van der Waals surface area (Å²) < 4.78 is 6.64. The lowest BCUT2D eigenvalue weighted by molar-refractivity contribution is 0.0650. The van der Waals surface area contributed by atoms with E-state index in [-0.39, 0.29) is 5.91 Å². The Kier molecular flexibility index (Phi) is 4.07. The Bertz CT molecular complexity index is 656. The number of halogens is 1. The maximum Gasteiger partial charge on any atom is 0.289 e. The Morgan fingerprint density at radius 1 is 1.29 bits per heavy atom. The zero-order valence-corrected chi connectivity index (χ0v) is 14.0. The first-order chi connectivity index (χ1) is 10.1. The molecule has 0 saturated heterocycles. The Morgan fingerprint density at radius 2 is 2.00 bits per heavy atom. The topological polar surface area (TPSA) is 33.5 Å². The molecule has 4 heteroatoms. The highest BCUT2D eigenvalue weighted by Gasteiger charge is 2.27. The number of hydrogen-bond donors (Lipinski definition) is 0. The summed E-state index contributed by atoms with van der Waals surface area (Å²) in [4.78, 5) is 14.5. The molecule has 0 atom stereocenters. The Morgan fingerprint density at radius 3 is 2.67 bits per heavy atom. The number of furan rings is 1. The molecule has 1 aromatic carbocycles. The second-order valence-electron chi connectivity index (χ2n) is 6.10. The normalized spacial score (nSPS) is 22.4. The van der Waals surface area contributed by atoms with Crippen molar-refractivity contribution in [3.8, 4) is 0 Å². The van der Waals surface area contributed by atoms with Crippen LogP contribution in [0.15, 0.2) is 33.2 Å². The largest absolute Gasteiger partial charge is 0.450 e. The molecule has 1 fully saturated rings. The third-order valence-electron chi connectivity index (χ3n) is 4.56. The Balaban J connectivity index is 1.81. The molecule has 1 aliphatic carbocycles. The third kappa shape index (κ3) is 2.86. The van der Waals surface area contributed by atoms with Gasteiger partial charge in [0.2, 0.25) is 0 Å². The number of benzene rings is 1. The molecule has 0 unspecified atom stereocenters. The number of fused-ring (bicyclic) bond motifs is 1. The first kappa shape index (κ1) is 14.6. The summed E-state index contributed by atoms with van der Waals surface area (Å²) in [5.41, 5.74) is 0.742. The van der Waals surface area contributed by atoms with Gasteiger partial charge in [-0.3, -0.25) is 4.79 Å². The molecule has 3 rings (SSSR count). The van der Waals surface area contributed by atoms with Gasteiger partial charge in [0.1, 0.15) is 5.58 Å². The molecule has 1 aromatic heterocycles. The fraction of sp³-hybridized carbons (Fsp3) is 0.471. The molecule has 0 aliphatic heterocycles. The predicted molar refractivity (Wildman–Crippen MR) is 87.4 cm³/mol. The van der Waals surface area contributed by atoms with Gasteiger partial charge in [-0.25, -0.2) is 0 Å². The summed E-state index contributed by atoms with van der Waals surface area (Å²) in [6, 6.07) is 8.01. The van der Waals surface area contributed by atoms with Gasteiger partial charge in [0.25, 0.3) is 5.91 Å². The molecule has 2 aromatic rings. The van der Waals surface area contributed by atoms with Crippen molar-refractivity contribution in [3.05, 3.63) is 34.5 Å². The quantitative estimate of drug-likeness (QED) is 0.776. The fourth-order valence-corrected chi connectivity index (χ4v) is 3.56. The van der Waals surface area contributed by atoms with Crippen LogP contribution in [-0.2, 0) is 0 Å². The molecule has 1 amide bonds. The van der Waals surface area contributed by atoms with Crippen LogP contribution in [0.4, 0.5) is 0 Å². The van der Waals surface area contributed by atoms with E-state index in [0.29, 0.717) is 11.8 Å². The van der Waals surface area contributed by atoms with Gasteiger partial charge in [-0.2, -0.15) is 0 Å². The van der Waals surface area contributed by atoms with Crippen LogP contribution in [0.2, 0.25) is 0 Å². The van der Waals surface area contributed by atoms with Crippen molar-refractivity contribution in [2.45, 2.75) is 38.6 Å². The van der Waals surface area contributed by atoms with E-state index in [1.165, 1.54) is 12.8 Å². The van der Waals surface area contributed by atoms with Crippen molar-refractivity contribution in [1.29, 1.82) is 0 Å². The molecule has 21 heavy (non-hydrogen) atoms. The van der Waals surface area contributed by atoms with Crippen LogP contribution in [0.25, 0.3) is 11.0 Å². The lowest BCUT2D eigenvalue weighted by atomic mass is 9.87. The molecular formula is C17H20BrNO2. The molecule has 0 N–H and O–H groups in total. The molecule has 1 heterocycles. The van der Waals surface area contributed by atoms with Crippen LogP contribution in [0.1, 0.15) is 43.2 Å². The number of carbonyl (C=O) groups excluding carboxylic acids is 1. The lowest BCUT2D eigenvalue weighted by Crippen LogP contribution is -2.39. The minimum absolute atomic E-state index is 0.0161. The third-order valence-corrected chi connectivity index (χ3v) is 5.18. The summed E-state index contributed by atoms with van der Waals surface area (Å²) in [5, 5.41) is 0.957. The van der Waals surface area contributed by atoms with Gasteiger partial charge in [0, 0.05) is 18.5 Å². The molecule has 112 valence electrons. The van der Waals surface area contributed by atoms with Gasteiger partial charge in [-0.15, -0.1) is 0 Å². The summed E-state index contributed by atoms with van der Waals surface area (Å²) >= 11 is 3.46. The van der Waals surface area contributed by atoms with E-state index in [4.69, 9.17) is 4.42 Å². The Labute approximate surface area is 133 Å². The minimum Gasteiger partial charge on any atom is -0.450 e. The summed E-state index contributed by atoms with van der Waals surface area (Å²) in [7, 11) is 1.89. The minimum atomic E-state index is -0.0161. The molecule has 1 saturated carbocycles. The van der Waals surface area contributed by atoms with Crippen LogP contribution in [-0.4, -0.2) is 23.9 Å². The van der Waals surface area contributed by atoms with Crippen LogP contribution >= 0.6 is 15.9 Å². The zero-order chi connectivity index (χ0) is 15.0. The van der Waals surface area contributed by atoms with Crippen LogP contribution in [0.5, 0.6) is 0 Å². The monoisotopic (exact) mass is 349 g/mol. The number of para-hydroxylation sites is 1. The summed E-state index contributed by atoms with van der Waals surface area (Å²) in [6.45, 7) is 2.29. The first-order valence-electron chi connectivity index (χ1n) is 7.51. The van der Waals surface area contributed by atoms with Crippen molar-refractivity contribution in [3.63, 3.8) is 0 Å². The molecule has 0 spiro atoms. The lowest BCUT2D eigenvalue weighted by Gasteiger charge is -2.33. The smallest absolute Gasteiger partial charge is 0.289 e. The van der Waals surface area contributed by atoms with Gasteiger partial charge in [0.05, 0.1) is 4.47 Å². The van der Waals surface area contributed by atoms with Gasteiger partial charge in [0.15, 0.2) is 5.76 Å². The number of amides is 1. The average Bonchev–Trinajstić information content (AvgIpc) is 2.92. The molecular weight excluding hydrogens is 330 g/mol. The predicted octanol–water partition coefficient (Wildman–Crippen LogP) is 4.85. The maximum atomic E-state index is 12.6. The first-order valence-corrected chi connectivity index (χ1v) is 8.31. The SMILES string of the molecule is CC1CCC(N(C)C(=O)c2cc3cccc(Br)c3o2)CC1. The van der Waals surface area contributed by atoms with E-state index < -0.39 is 0 Å². The maximum absolute atomic E-state index is 12.6. The van der Waals surface area contributed by atoms with Crippen molar-refractivity contribution < 1.29 is 9.21 Å². The highest BCUT2D eigenvalue weighted by molar-refractivity contribution is 9.10. The molecule has 0 bridgehead atoms. The average molecular weight is 350 g/mol.